The second-order valence-electron chi connectivity index (χ2n) is 9.08. The van der Waals surface area contributed by atoms with Gasteiger partial charge in [-0.25, -0.2) is 4.39 Å². The molecule has 8 heteroatoms. The van der Waals surface area contributed by atoms with E-state index in [2.05, 4.69) is 11.8 Å². The van der Waals surface area contributed by atoms with Crippen LogP contribution in [0.4, 0.5) is 4.39 Å². The normalized spacial score (nSPS) is 18.2. The number of rotatable bonds is 10. The number of hydrogen-bond acceptors (Lipinski definition) is 5. The van der Waals surface area contributed by atoms with E-state index in [-0.39, 0.29) is 17.8 Å². The molecule has 0 bridgehead atoms. The Morgan fingerprint density at radius 2 is 1.89 bits per heavy atom. The third-order valence-corrected chi connectivity index (χ3v) is 6.95. The third-order valence-electron chi connectivity index (χ3n) is 6.72. The van der Waals surface area contributed by atoms with Gasteiger partial charge < -0.3 is 19.1 Å². The topological polar surface area (TPSA) is 51.2 Å². The summed E-state index contributed by atoms with van der Waals surface area (Å²) in [7, 11) is 0. The Morgan fingerprint density at radius 1 is 1.17 bits per heavy atom. The third kappa shape index (κ3) is 6.94. The van der Waals surface area contributed by atoms with Gasteiger partial charge in [-0.15, -0.1) is 0 Å². The molecule has 0 aromatic heterocycles. The number of halogens is 2. The molecular weight excluding hydrogens is 471 g/mol. The molecule has 2 aromatic carbocycles. The molecule has 35 heavy (non-hydrogen) atoms. The van der Waals surface area contributed by atoms with E-state index in [9.17, 15) is 9.18 Å². The SMILES string of the molecule is CCN(CCCC1(c2ccc(F)cc2)OCCO1)CC(=O)N1CCC(Oc2cccc(Cl)c2)CC1. The number of likely N-dealkylation sites (tertiary alicyclic amines) is 1. The first-order valence-corrected chi connectivity index (χ1v) is 12.8. The van der Waals surface area contributed by atoms with E-state index in [0.29, 0.717) is 44.3 Å². The van der Waals surface area contributed by atoms with Gasteiger partial charge in [-0.05, 0) is 49.8 Å². The van der Waals surface area contributed by atoms with Crippen LogP contribution in [0.1, 0.15) is 38.2 Å². The predicted molar refractivity (Wildman–Crippen MR) is 133 cm³/mol. The van der Waals surface area contributed by atoms with Gasteiger partial charge in [0.25, 0.3) is 0 Å². The zero-order valence-corrected chi connectivity index (χ0v) is 21.0. The molecule has 6 nitrogen and oxygen atoms in total. The first-order chi connectivity index (χ1) is 17.0. The number of nitrogens with zero attached hydrogens (tertiary/aromatic N) is 2. The fourth-order valence-electron chi connectivity index (χ4n) is 4.75. The van der Waals surface area contributed by atoms with E-state index in [1.54, 1.807) is 12.1 Å². The van der Waals surface area contributed by atoms with Gasteiger partial charge in [-0.2, -0.15) is 0 Å². The van der Waals surface area contributed by atoms with Gasteiger partial charge in [0.2, 0.25) is 5.91 Å². The Balaban J connectivity index is 1.22. The number of piperidine rings is 1. The highest BCUT2D eigenvalue weighted by Crippen LogP contribution is 2.36. The summed E-state index contributed by atoms with van der Waals surface area (Å²) in [5.74, 6) is -0.192. The lowest BCUT2D eigenvalue weighted by Crippen LogP contribution is -2.46. The predicted octanol–water partition coefficient (Wildman–Crippen LogP) is 4.85. The number of carbonyl (C=O) groups excluding carboxylic acids is 1. The summed E-state index contributed by atoms with van der Waals surface area (Å²) in [5, 5.41) is 0.657. The zero-order valence-electron chi connectivity index (χ0n) is 20.3. The Morgan fingerprint density at radius 3 is 2.54 bits per heavy atom. The minimum absolute atomic E-state index is 0.0915. The summed E-state index contributed by atoms with van der Waals surface area (Å²) in [4.78, 5) is 17.0. The van der Waals surface area contributed by atoms with Crippen molar-refractivity contribution < 1.29 is 23.4 Å². The maximum atomic E-state index is 13.4. The molecule has 0 N–H and O–H groups in total. The van der Waals surface area contributed by atoms with Crippen LogP contribution < -0.4 is 4.74 Å². The van der Waals surface area contributed by atoms with E-state index in [0.717, 1.165) is 43.7 Å². The van der Waals surface area contributed by atoms with Crippen molar-refractivity contribution in [3.05, 3.63) is 64.9 Å². The number of ether oxygens (including phenoxy) is 3. The van der Waals surface area contributed by atoms with Crippen LogP contribution in [0.15, 0.2) is 48.5 Å². The van der Waals surface area contributed by atoms with Crippen molar-refractivity contribution in [2.75, 3.05) is 45.9 Å². The summed E-state index contributed by atoms with van der Waals surface area (Å²) in [5.41, 5.74) is 0.832. The summed E-state index contributed by atoms with van der Waals surface area (Å²) in [6.07, 6.45) is 3.15. The van der Waals surface area contributed by atoms with Gasteiger partial charge in [0.05, 0.1) is 19.8 Å². The number of likely N-dealkylation sites (N-methyl/N-ethyl adjacent to an activating group) is 1. The zero-order chi connectivity index (χ0) is 24.7. The van der Waals surface area contributed by atoms with E-state index < -0.39 is 5.79 Å². The molecule has 0 aliphatic carbocycles. The van der Waals surface area contributed by atoms with Gasteiger partial charge in [0, 0.05) is 42.9 Å². The molecule has 0 spiro atoms. The van der Waals surface area contributed by atoms with E-state index in [1.807, 2.05) is 29.2 Å². The maximum absolute atomic E-state index is 13.4. The van der Waals surface area contributed by atoms with Crippen molar-refractivity contribution in [2.45, 2.75) is 44.5 Å². The first-order valence-electron chi connectivity index (χ1n) is 12.4. The Bertz CT molecular complexity index is 960. The lowest BCUT2D eigenvalue weighted by Gasteiger charge is -2.34. The molecule has 2 saturated heterocycles. The maximum Gasteiger partial charge on any atom is 0.236 e. The summed E-state index contributed by atoms with van der Waals surface area (Å²) < 4.78 is 31.3. The fourth-order valence-corrected chi connectivity index (χ4v) is 4.93. The van der Waals surface area contributed by atoms with Crippen molar-refractivity contribution in [2.24, 2.45) is 0 Å². The average Bonchev–Trinajstić information content (AvgIpc) is 3.34. The van der Waals surface area contributed by atoms with Gasteiger partial charge >= 0.3 is 0 Å². The molecule has 1 amide bonds. The molecule has 2 fully saturated rings. The summed E-state index contributed by atoms with van der Waals surface area (Å²) >= 11 is 6.04. The number of hydrogen-bond donors (Lipinski definition) is 0. The number of amides is 1. The van der Waals surface area contributed by atoms with E-state index in [4.69, 9.17) is 25.8 Å². The van der Waals surface area contributed by atoms with Gasteiger partial charge in [-0.3, -0.25) is 9.69 Å². The molecule has 2 aromatic rings. The van der Waals surface area contributed by atoms with Crippen molar-refractivity contribution in [1.29, 1.82) is 0 Å². The van der Waals surface area contributed by atoms with Crippen LogP contribution in [0, 0.1) is 5.82 Å². The highest BCUT2D eigenvalue weighted by Gasteiger charge is 2.38. The highest BCUT2D eigenvalue weighted by molar-refractivity contribution is 6.30. The smallest absolute Gasteiger partial charge is 0.236 e. The molecule has 2 aliphatic heterocycles. The molecule has 190 valence electrons. The van der Waals surface area contributed by atoms with Crippen molar-refractivity contribution >= 4 is 17.5 Å². The van der Waals surface area contributed by atoms with E-state index in [1.165, 1.54) is 12.1 Å². The van der Waals surface area contributed by atoms with Crippen LogP contribution in [0.25, 0.3) is 0 Å². The molecule has 0 unspecified atom stereocenters. The van der Waals surface area contributed by atoms with Crippen LogP contribution in [0.5, 0.6) is 5.75 Å². The molecule has 0 radical (unpaired) electrons. The van der Waals surface area contributed by atoms with Gasteiger partial charge in [0.1, 0.15) is 17.7 Å². The Kier molecular flexibility index (Phi) is 9.00. The molecule has 0 atom stereocenters. The minimum atomic E-state index is -0.831. The van der Waals surface area contributed by atoms with Gasteiger partial charge in [-0.1, -0.05) is 36.7 Å². The molecule has 2 aliphatic rings. The van der Waals surface area contributed by atoms with Gasteiger partial charge in [0.15, 0.2) is 5.79 Å². The quantitative estimate of drug-likeness (QED) is 0.463. The van der Waals surface area contributed by atoms with Crippen LogP contribution in [-0.4, -0.2) is 67.7 Å². The Labute approximate surface area is 211 Å². The number of carbonyl (C=O) groups is 1. The van der Waals surface area contributed by atoms with E-state index >= 15 is 0 Å². The lowest BCUT2D eigenvalue weighted by molar-refractivity contribution is -0.172. The summed E-state index contributed by atoms with van der Waals surface area (Å²) in [6, 6.07) is 13.7. The van der Waals surface area contributed by atoms with Crippen molar-refractivity contribution in [1.82, 2.24) is 9.80 Å². The van der Waals surface area contributed by atoms with Crippen molar-refractivity contribution in [3.8, 4) is 5.75 Å². The fraction of sp³-hybridized carbons (Fsp3) is 0.519. The lowest BCUT2D eigenvalue weighted by atomic mass is 10.00. The second kappa shape index (κ2) is 12.2. The largest absolute Gasteiger partial charge is 0.490 e. The Hall–Kier alpha value is -2.19. The van der Waals surface area contributed by atoms with Crippen LogP contribution >= 0.6 is 11.6 Å². The standard InChI is InChI=1S/C27H34ClFN2O4/c1-2-30(14-4-13-27(33-17-18-34-27)21-7-9-23(29)10-8-21)20-26(32)31-15-11-24(12-16-31)35-25-6-3-5-22(28)19-25/h3,5-10,19,24H,2,4,11-18,20H2,1H3. The highest BCUT2D eigenvalue weighted by atomic mass is 35.5. The molecule has 4 rings (SSSR count). The summed E-state index contributed by atoms with van der Waals surface area (Å²) in [6.45, 7) is 6.42. The monoisotopic (exact) mass is 504 g/mol. The minimum Gasteiger partial charge on any atom is -0.490 e. The van der Waals surface area contributed by atoms with Crippen LogP contribution in [0.3, 0.4) is 0 Å². The molecule has 2 heterocycles. The van der Waals surface area contributed by atoms with Crippen LogP contribution in [-0.2, 0) is 20.1 Å². The second-order valence-corrected chi connectivity index (χ2v) is 9.52. The van der Waals surface area contributed by atoms with Crippen LogP contribution in [0.2, 0.25) is 5.02 Å². The average molecular weight is 505 g/mol. The number of benzene rings is 2. The first kappa shape index (κ1) is 25.9. The van der Waals surface area contributed by atoms with Crippen molar-refractivity contribution in [3.63, 3.8) is 0 Å². The molecular formula is C27H34ClFN2O4. The molecule has 0 saturated carbocycles.